The molecule has 2 aromatic heterocycles. The van der Waals surface area contributed by atoms with Crippen LogP contribution in [0.5, 0.6) is 0 Å². The van der Waals surface area contributed by atoms with Crippen LogP contribution in [0.2, 0.25) is 0 Å². The van der Waals surface area contributed by atoms with Crippen LogP contribution in [0.15, 0.2) is 40.9 Å². The van der Waals surface area contributed by atoms with Crippen LogP contribution in [-0.2, 0) is 0 Å². The fourth-order valence-electron chi connectivity index (χ4n) is 2.32. The monoisotopic (exact) mass is 266 g/mol. The van der Waals surface area contributed by atoms with Crippen molar-refractivity contribution < 1.29 is 4.52 Å². The lowest BCUT2D eigenvalue weighted by Crippen LogP contribution is -2.12. The number of nitrogens with zero attached hydrogens (tertiary/aromatic N) is 3. The van der Waals surface area contributed by atoms with E-state index in [9.17, 15) is 0 Å². The molecule has 4 rings (SSSR count). The van der Waals surface area contributed by atoms with E-state index in [0.717, 1.165) is 23.7 Å². The van der Waals surface area contributed by atoms with E-state index in [0.29, 0.717) is 23.3 Å². The van der Waals surface area contributed by atoms with Crippen molar-refractivity contribution >= 4 is 10.9 Å². The molecule has 5 heteroatoms. The van der Waals surface area contributed by atoms with Crippen LogP contribution in [0.4, 0.5) is 0 Å². The zero-order chi connectivity index (χ0) is 13.5. The molecule has 0 radical (unpaired) electrons. The van der Waals surface area contributed by atoms with Gasteiger partial charge in [0.05, 0.1) is 11.6 Å². The van der Waals surface area contributed by atoms with E-state index in [1.54, 1.807) is 0 Å². The van der Waals surface area contributed by atoms with Gasteiger partial charge in [0.25, 0.3) is 0 Å². The first-order valence-electron chi connectivity index (χ1n) is 6.76. The summed E-state index contributed by atoms with van der Waals surface area (Å²) in [6.45, 7) is 0. The molecule has 3 aromatic rings. The molecule has 1 aliphatic carbocycles. The van der Waals surface area contributed by atoms with E-state index in [1.807, 2.05) is 36.4 Å². The van der Waals surface area contributed by atoms with Gasteiger partial charge in [0.2, 0.25) is 11.7 Å². The lowest BCUT2D eigenvalue weighted by molar-refractivity contribution is 0.343. The van der Waals surface area contributed by atoms with Crippen LogP contribution >= 0.6 is 0 Å². The Labute approximate surface area is 115 Å². The highest BCUT2D eigenvalue weighted by atomic mass is 16.5. The van der Waals surface area contributed by atoms with Gasteiger partial charge in [0.15, 0.2) is 0 Å². The number of fused-ring (bicyclic) bond motifs is 1. The molecule has 1 fully saturated rings. The highest BCUT2D eigenvalue weighted by molar-refractivity contribution is 5.80. The molecule has 20 heavy (non-hydrogen) atoms. The lowest BCUT2D eigenvalue weighted by Gasteiger charge is -2.01. The van der Waals surface area contributed by atoms with Gasteiger partial charge in [-0.15, -0.1) is 0 Å². The molecule has 0 saturated heterocycles. The Bertz CT molecular complexity index is 763. The second kappa shape index (κ2) is 4.38. The molecule has 2 N–H and O–H groups in total. The minimum Gasteiger partial charge on any atom is -0.337 e. The van der Waals surface area contributed by atoms with Gasteiger partial charge in [-0.3, -0.25) is 0 Å². The number of hydrogen-bond acceptors (Lipinski definition) is 5. The van der Waals surface area contributed by atoms with Crippen molar-refractivity contribution in [3.63, 3.8) is 0 Å². The Kier molecular flexibility index (Phi) is 2.53. The SMILES string of the molecule is NC(c1nc(-c2ccc3ccccc3n2)no1)C1CC1. The van der Waals surface area contributed by atoms with Gasteiger partial charge in [0, 0.05) is 5.39 Å². The second-order valence-electron chi connectivity index (χ2n) is 5.21. The van der Waals surface area contributed by atoms with Gasteiger partial charge < -0.3 is 10.3 Å². The summed E-state index contributed by atoms with van der Waals surface area (Å²) in [6.07, 6.45) is 2.29. The fourth-order valence-corrected chi connectivity index (χ4v) is 2.32. The number of rotatable bonds is 3. The normalized spacial score (nSPS) is 16.4. The van der Waals surface area contributed by atoms with Gasteiger partial charge in [0.1, 0.15) is 5.69 Å². The summed E-state index contributed by atoms with van der Waals surface area (Å²) in [5.41, 5.74) is 7.69. The number of pyridine rings is 1. The molecule has 5 nitrogen and oxygen atoms in total. The van der Waals surface area contributed by atoms with Gasteiger partial charge >= 0.3 is 0 Å². The second-order valence-corrected chi connectivity index (χ2v) is 5.21. The molecule has 100 valence electrons. The number of para-hydroxylation sites is 1. The van der Waals surface area contributed by atoms with Gasteiger partial charge in [-0.25, -0.2) is 4.98 Å². The van der Waals surface area contributed by atoms with E-state index in [2.05, 4.69) is 15.1 Å². The number of benzene rings is 1. The van der Waals surface area contributed by atoms with Crippen molar-refractivity contribution in [2.24, 2.45) is 11.7 Å². The van der Waals surface area contributed by atoms with Crippen LogP contribution in [0, 0.1) is 5.92 Å². The summed E-state index contributed by atoms with van der Waals surface area (Å²) in [6, 6.07) is 11.7. The minimum atomic E-state index is -0.142. The van der Waals surface area contributed by atoms with Gasteiger partial charge in [-0.1, -0.05) is 29.4 Å². The summed E-state index contributed by atoms with van der Waals surface area (Å²) < 4.78 is 5.27. The molecule has 1 saturated carbocycles. The van der Waals surface area contributed by atoms with E-state index in [1.165, 1.54) is 0 Å². The summed E-state index contributed by atoms with van der Waals surface area (Å²) >= 11 is 0. The van der Waals surface area contributed by atoms with Crippen LogP contribution < -0.4 is 5.73 Å². The van der Waals surface area contributed by atoms with Crippen molar-refractivity contribution in [1.29, 1.82) is 0 Å². The highest BCUT2D eigenvalue weighted by Gasteiger charge is 2.33. The molecule has 0 bridgehead atoms. The molecule has 1 atom stereocenters. The maximum Gasteiger partial charge on any atom is 0.244 e. The Morgan fingerprint density at radius 3 is 2.80 bits per heavy atom. The van der Waals surface area contributed by atoms with E-state index < -0.39 is 0 Å². The van der Waals surface area contributed by atoms with Crippen molar-refractivity contribution in [2.45, 2.75) is 18.9 Å². The third-order valence-corrected chi connectivity index (χ3v) is 3.68. The molecular formula is C15H14N4O. The van der Waals surface area contributed by atoms with E-state index >= 15 is 0 Å². The summed E-state index contributed by atoms with van der Waals surface area (Å²) in [4.78, 5) is 8.94. The fraction of sp³-hybridized carbons (Fsp3) is 0.267. The average Bonchev–Trinajstić information content (AvgIpc) is 3.23. The van der Waals surface area contributed by atoms with E-state index in [4.69, 9.17) is 10.3 Å². The molecule has 0 aliphatic heterocycles. The Balaban J connectivity index is 1.71. The molecule has 0 amide bonds. The maximum atomic E-state index is 6.07. The van der Waals surface area contributed by atoms with Crippen LogP contribution in [0.3, 0.4) is 0 Å². The molecular weight excluding hydrogens is 252 g/mol. The summed E-state index contributed by atoms with van der Waals surface area (Å²) in [7, 11) is 0. The predicted molar refractivity (Wildman–Crippen MR) is 74.7 cm³/mol. The Morgan fingerprint density at radius 2 is 1.95 bits per heavy atom. The first-order valence-corrected chi connectivity index (χ1v) is 6.76. The number of nitrogens with two attached hydrogens (primary N) is 1. The third-order valence-electron chi connectivity index (χ3n) is 3.68. The van der Waals surface area contributed by atoms with Crippen molar-refractivity contribution in [3.8, 4) is 11.5 Å². The highest BCUT2D eigenvalue weighted by Crippen LogP contribution is 2.39. The standard InChI is InChI=1S/C15H14N4O/c16-13(10-5-6-10)15-18-14(19-20-15)12-8-7-9-3-1-2-4-11(9)17-12/h1-4,7-8,10,13H,5-6,16H2. The largest absolute Gasteiger partial charge is 0.337 e. The van der Waals surface area contributed by atoms with Crippen molar-refractivity contribution in [3.05, 3.63) is 42.3 Å². The lowest BCUT2D eigenvalue weighted by atomic mass is 10.2. The first kappa shape index (κ1) is 11.5. The summed E-state index contributed by atoms with van der Waals surface area (Å²) in [5.74, 6) is 1.51. The topological polar surface area (TPSA) is 77.8 Å². The first-order chi connectivity index (χ1) is 9.81. The van der Waals surface area contributed by atoms with E-state index in [-0.39, 0.29) is 6.04 Å². The Hall–Kier alpha value is -2.27. The van der Waals surface area contributed by atoms with Crippen LogP contribution in [0.25, 0.3) is 22.4 Å². The molecule has 1 unspecified atom stereocenters. The predicted octanol–water partition coefficient (Wildman–Crippen LogP) is 2.69. The zero-order valence-corrected chi connectivity index (χ0v) is 10.9. The quantitative estimate of drug-likeness (QED) is 0.788. The minimum absolute atomic E-state index is 0.142. The Morgan fingerprint density at radius 1 is 1.10 bits per heavy atom. The molecule has 2 heterocycles. The third kappa shape index (κ3) is 1.96. The van der Waals surface area contributed by atoms with Crippen molar-refractivity contribution in [2.75, 3.05) is 0 Å². The molecule has 0 spiro atoms. The zero-order valence-electron chi connectivity index (χ0n) is 10.9. The van der Waals surface area contributed by atoms with Crippen molar-refractivity contribution in [1.82, 2.24) is 15.1 Å². The smallest absolute Gasteiger partial charge is 0.244 e. The molecule has 1 aliphatic rings. The van der Waals surface area contributed by atoms with Crippen LogP contribution in [-0.4, -0.2) is 15.1 Å². The molecule has 1 aromatic carbocycles. The van der Waals surface area contributed by atoms with Crippen LogP contribution in [0.1, 0.15) is 24.8 Å². The summed E-state index contributed by atoms with van der Waals surface area (Å²) in [5, 5.41) is 5.09. The maximum absolute atomic E-state index is 6.07. The van der Waals surface area contributed by atoms with Gasteiger partial charge in [-0.05, 0) is 30.9 Å². The number of hydrogen-bond donors (Lipinski definition) is 1. The van der Waals surface area contributed by atoms with Gasteiger partial charge in [-0.2, -0.15) is 4.98 Å². The average molecular weight is 266 g/mol. The number of aromatic nitrogens is 3.